The van der Waals surface area contributed by atoms with Crippen LogP contribution >= 0.6 is 0 Å². The van der Waals surface area contributed by atoms with Crippen molar-refractivity contribution in [2.24, 2.45) is 5.92 Å². The number of hydrogen-bond acceptors (Lipinski definition) is 3. The highest BCUT2D eigenvalue weighted by atomic mass is 16.5. The van der Waals surface area contributed by atoms with Gasteiger partial charge < -0.3 is 9.64 Å². The lowest BCUT2D eigenvalue weighted by molar-refractivity contribution is -0.130. The smallest absolute Gasteiger partial charge is 0.222 e. The number of carbonyl (C=O) groups excluding carboxylic acids is 2. The van der Waals surface area contributed by atoms with Crippen molar-refractivity contribution in [1.82, 2.24) is 4.90 Å². The number of amides is 1. The molecule has 1 unspecified atom stereocenters. The fourth-order valence-electron chi connectivity index (χ4n) is 2.58. The number of ketones is 1. The Morgan fingerprint density at radius 1 is 1.33 bits per heavy atom. The van der Waals surface area contributed by atoms with Crippen molar-refractivity contribution >= 4 is 11.7 Å². The third-order valence-corrected chi connectivity index (χ3v) is 3.92. The van der Waals surface area contributed by atoms with Crippen molar-refractivity contribution in [3.63, 3.8) is 0 Å². The van der Waals surface area contributed by atoms with E-state index >= 15 is 0 Å². The van der Waals surface area contributed by atoms with Crippen molar-refractivity contribution in [2.45, 2.75) is 33.1 Å². The molecule has 4 heteroatoms. The molecule has 1 saturated heterocycles. The molecule has 0 aromatic heterocycles. The maximum atomic E-state index is 12.5. The summed E-state index contributed by atoms with van der Waals surface area (Å²) in [5.41, 5.74) is 0.560. The van der Waals surface area contributed by atoms with E-state index in [1.165, 1.54) is 0 Å². The van der Waals surface area contributed by atoms with Crippen LogP contribution in [0.4, 0.5) is 0 Å². The summed E-state index contributed by atoms with van der Waals surface area (Å²) in [6.07, 6.45) is 2.42. The summed E-state index contributed by atoms with van der Waals surface area (Å²) in [5.74, 6) is 1.17. The van der Waals surface area contributed by atoms with Gasteiger partial charge in [-0.05, 0) is 37.8 Å². The van der Waals surface area contributed by atoms with Crippen molar-refractivity contribution in [2.75, 3.05) is 19.7 Å². The Morgan fingerprint density at radius 2 is 2.10 bits per heavy atom. The zero-order chi connectivity index (χ0) is 15.2. The number of hydrogen-bond donors (Lipinski definition) is 0. The molecule has 0 aliphatic carbocycles. The van der Waals surface area contributed by atoms with Gasteiger partial charge in [0.2, 0.25) is 5.91 Å². The van der Waals surface area contributed by atoms with Gasteiger partial charge in [0.25, 0.3) is 0 Å². The van der Waals surface area contributed by atoms with E-state index < -0.39 is 0 Å². The molecule has 1 heterocycles. The van der Waals surface area contributed by atoms with Crippen molar-refractivity contribution in [3.05, 3.63) is 29.8 Å². The first-order valence-electron chi connectivity index (χ1n) is 7.64. The second kappa shape index (κ2) is 7.25. The summed E-state index contributed by atoms with van der Waals surface area (Å²) >= 11 is 0. The fourth-order valence-corrected chi connectivity index (χ4v) is 2.58. The number of benzene rings is 1. The Kier molecular flexibility index (Phi) is 5.37. The van der Waals surface area contributed by atoms with Gasteiger partial charge in [-0.15, -0.1) is 0 Å². The van der Waals surface area contributed by atoms with Gasteiger partial charge in [-0.2, -0.15) is 0 Å². The quantitative estimate of drug-likeness (QED) is 0.783. The summed E-state index contributed by atoms with van der Waals surface area (Å²) in [6.45, 7) is 5.38. The Hall–Kier alpha value is -1.84. The van der Waals surface area contributed by atoms with Crippen LogP contribution in [-0.4, -0.2) is 36.3 Å². The summed E-state index contributed by atoms with van der Waals surface area (Å²) in [6, 6.07) is 7.23. The zero-order valence-corrected chi connectivity index (χ0v) is 12.8. The minimum absolute atomic E-state index is 0.0537. The first-order valence-corrected chi connectivity index (χ1v) is 7.64. The van der Waals surface area contributed by atoms with Gasteiger partial charge in [-0.1, -0.05) is 19.1 Å². The molecule has 1 aromatic carbocycles. The Morgan fingerprint density at radius 3 is 2.86 bits per heavy atom. The van der Waals surface area contributed by atoms with E-state index in [0.717, 1.165) is 12.8 Å². The van der Waals surface area contributed by atoms with E-state index in [-0.39, 0.29) is 18.2 Å². The number of ether oxygens (including phenoxy) is 1. The van der Waals surface area contributed by atoms with E-state index in [9.17, 15) is 9.59 Å². The fraction of sp³-hybridized carbons (Fsp3) is 0.529. The van der Waals surface area contributed by atoms with Crippen molar-refractivity contribution < 1.29 is 14.3 Å². The molecule has 0 bridgehead atoms. The Bertz CT molecular complexity index is 513. The van der Waals surface area contributed by atoms with Crippen LogP contribution in [0.2, 0.25) is 0 Å². The van der Waals surface area contributed by atoms with E-state index in [0.29, 0.717) is 36.8 Å². The van der Waals surface area contributed by atoms with Crippen LogP contribution in [0, 0.1) is 5.92 Å². The van der Waals surface area contributed by atoms with Crippen LogP contribution in [0.1, 0.15) is 43.5 Å². The number of carbonyl (C=O) groups is 2. The summed E-state index contributed by atoms with van der Waals surface area (Å²) < 4.78 is 5.49. The van der Waals surface area contributed by atoms with Gasteiger partial charge in [-0.3, -0.25) is 9.59 Å². The molecule has 1 amide bonds. The maximum absolute atomic E-state index is 12.5. The largest absolute Gasteiger partial charge is 0.493 e. The molecule has 0 saturated carbocycles. The molecule has 21 heavy (non-hydrogen) atoms. The third kappa shape index (κ3) is 4.06. The Labute approximate surface area is 126 Å². The van der Waals surface area contributed by atoms with Gasteiger partial charge in [0.05, 0.1) is 18.7 Å². The Balaban J connectivity index is 2.08. The molecule has 1 atom stereocenters. The molecule has 114 valence electrons. The van der Waals surface area contributed by atoms with Gasteiger partial charge in [0.15, 0.2) is 5.78 Å². The minimum atomic E-state index is -0.0537. The van der Waals surface area contributed by atoms with Crippen molar-refractivity contribution in [1.29, 1.82) is 0 Å². The molecule has 1 aliphatic heterocycles. The first-order chi connectivity index (χ1) is 10.1. The maximum Gasteiger partial charge on any atom is 0.222 e. The van der Waals surface area contributed by atoms with Crippen LogP contribution in [0.15, 0.2) is 24.3 Å². The average molecular weight is 289 g/mol. The molecule has 4 nitrogen and oxygen atoms in total. The molecule has 0 spiro atoms. The monoisotopic (exact) mass is 289 g/mol. The lowest BCUT2D eigenvalue weighted by Crippen LogP contribution is -2.35. The molecule has 0 N–H and O–H groups in total. The zero-order valence-electron chi connectivity index (χ0n) is 12.8. The molecule has 1 aromatic rings. The highest BCUT2D eigenvalue weighted by Gasteiger charge is 2.23. The molecule has 2 rings (SSSR count). The van der Waals surface area contributed by atoms with Crippen molar-refractivity contribution in [3.8, 4) is 5.75 Å². The van der Waals surface area contributed by atoms with Gasteiger partial charge >= 0.3 is 0 Å². The predicted octanol–water partition coefficient (Wildman–Crippen LogP) is 2.92. The van der Waals surface area contributed by atoms with E-state index in [1.807, 2.05) is 19.1 Å². The summed E-state index contributed by atoms with van der Waals surface area (Å²) in [5, 5.41) is 0. The predicted molar refractivity (Wildman–Crippen MR) is 81.5 cm³/mol. The van der Waals surface area contributed by atoms with Crippen LogP contribution in [0.5, 0.6) is 5.75 Å². The van der Waals surface area contributed by atoms with Crippen LogP contribution < -0.4 is 4.74 Å². The van der Waals surface area contributed by atoms with Crippen LogP contribution in [-0.2, 0) is 4.79 Å². The number of likely N-dealkylation sites (tertiary alicyclic amines) is 1. The molecular formula is C17H23NO3. The van der Waals surface area contributed by atoms with Crippen LogP contribution in [0.25, 0.3) is 0 Å². The van der Waals surface area contributed by atoms with Gasteiger partial charge in [0, 0.05) is 13.0 Å². The molecule has 1 fully saturated rings. The van der Waals surface area contributed by atoms with Gasteiger partial charge in [-0.25, -0.2) is 0 Å². The standard InChI is InChI=1S/C17H23NO3/c1-3-21-16-7-5-4-6-14(16)15(19)12-18-11-10-13(2)8-9-17(18)20/h4-7,13H,3,8-12H2,1-2H3. The van der Waals surface area contributed by atoms with E-state index in [4.69, 9.17) is 4.74 Å². The average Bonchev–Trinajstić information content (AvgIpc) is 2.63. The third-order valence-electron chi connectivity index (χ3n) is 3.92. The van der Waals surface area contributed by atoms with E-state index in [2.05, 4.69) is 6.92 Å². The number of nitrogens with zero attached hydrogens (tertiary/aromatic N) is 1. The number of para-hydroxylation sites is 1. The highest BCUT2D eigenvalue weighted by Crippen LogP contribution is 2.21. The van der Waals surface area contributed by atoms with Crippen LogP contribution in [0.3, 0.4) is 0 Å². The summed E-state index contributed by atoms with van der Waals surface area (Å²) in [4.78, 5) is 26.2. The second-order valence-electron chi connectivity index (χ2n) is 5.60. The molecule has 1 aliphatic rings. The van der Waals surface area contributed by atoms with E-state index in [1.54, 1.807) is 17.0 Å². The number of rotatable bonds is 5. The normalized spacial score (nSPS) is 19.2. The van der Waals surface area contributed by atoms with Gasteiger partial charge in [0.1, 0.15) is 5.75 Å². The summed E-state index contributed by atoms with van der Waals surface area (Å²) in [7, 11) is 0. The molecule has 0 radical (unpaired) electrons. The minimum Gasteiger partial charge on any atom is -0.493 e. The second-order valence-corrected chi connectivity index (χ2v) is 5.60. The SMILES string of the molecule is CCOc1ccccc1C(=O)CN1CCC(C)CCC1=O. The lowest BCUT2D eigenvalue weighted by atomic mass is 10.0. The highest BCUT2D eigenvalue weighted by molar-refractivity contribution is 6.01. The molecular weight excluding hydrogens is 266 g/mol. The lowest BCUT2D eigenvalue weighted by Gasteiger charge is -2.20. The number of Topliss-reactive ketones (excluding diaryl/α,β-unsaturated/α-hetero) is 1. The topological polar surface area (TPSA) is 46.6 Å². The first kappa shape index (κ1) is 15.5.